The molecule has 0 saturated heterocycles. The second-order valence-corrected chi connectivity index (χ2v) is 3.16. The van der Waals surface area contributed by atoms with Crippen molar-refractivity contribution in [3.05, 3.63) is 29.5 Å². The number of aromatic nitrogens is 1. The lowest BCUT2D eigenvalue weighted by atomic mass is 10.1. The number of nitrogens with one attached hydrogen (secondary N) is 1. The topological polar surface area (TPSA) is 50.9 Å². The van der Waals surface area contributed by atoms with E-state index in [4.69, 9.17) is 5.73 Å². The molecule has 1 heterocycles. The lowest BCUT2D eigenvalue weighted by Gasteiger charge is -2.08. The van der Waals surface area contributed by atoms with Gasteiger partial charge in [-0.25, -0.2) is 4.98 Å². The first kappa shape index (κ1) is 12.5. The summed E-state index contributed by atoms with van der Waals surface area (Å²) in [4.78, 5) is 3.51. The van der Waals surface area contributed by atoms with Crippen LogP contribution in [0.25, 0.3) is 6.08 Å². The van der Waals surface area contributed by atoms with Crippen LogP contribution in [0, 0.1) is 0 Å². The molecule has 1 aromatic rings. The summed E-state index contributed by atoms with van der Waals surface area (Å²) in [5.74, 6) is 0.0837. The van der Waals surface area contributed by atoms with E-state index >= 15 is 0 Å². The van der Waals surface area contributed by atoms with Crippen molar-refractivity contribution in [2.45, 2.75) is 6.18 Å². The zero-order valence-electron chi connectivity index (χ0n) is 8.67. The van der Waals surface area contributed by atoms with E-state index in [2.05, 4.69) is 10.3 Å². The highest BCUT2D eigenvalue weighted by Gasteiger charge is 2.31. The fourth-order valence-corrected chi connectivity index (χ4v) is 1.08. The Morgan fingerprint density at radius 2 is 2.19 bits per heavy atom. The van der Waals surface area contributed by atoms with Gasteiger partial charge in [0.25, 0.3) is 0 Å². The van der Waals surface area contributed by atoms with E-state index in [0.29, 0.717) is 6.54 Å². The first-order chi connectivity index (χ1) is 7.45. The molecular weight excluding hydrogens is 219 g/mol. The quantitative estimate of drug-likeness (QED) is 0.835. The van der Waals surface area contributed by atoms with Gasteiger partial charge < -0.3 is 11.1 Å². The third kappa shape index (κ3) is 3.23. The number of halogens is 3. The summed E-state index contributed by atoms with van der Waals surface area (Å²) in [7, 11) is 1.73. The number of nitrogens with two attached hydrogens (primary N) is 1. The third-order valence-electron chi connectivity index (χ3n) is 1.90. The number of hydrogen-bond acceptors (Lipinski definition) is 3. The summed E-state index contributed by atoms with van der Waals surface area (Å²) in [6.07, 6.45) is -0.487. The predicted octanol–water partition coefficient (Wildman–Crippen LogP) is 1.92. The van der Waals surface area contributed by atoms with Crippen LogP contribution in [0.2, 0.25) is 0 Å². The standard InChI is InChI=1S/C10H12F3N3/c1-15-4-2-3-7-5-8(10(11,12)13)6-16-9(7)14/h2-3,5-6,15H,4H2,1H3,(H2,14,16). The van der Waals surface area contributed by atoms with E-state index in [0.717, 1.165) is 12.3 Å². The number of alkyl halides is 3. The molecule has 0 amide bonds. The van der Waals surface area contributed by atoms with Crippen LogP contribution >= 0.6 is 0 Å². The monoisotopic (exact) mass is 231 g/mol. The normalized spacial score (nSPS) is 12.2. The van der Waals surface area contributed by atoms with Crippen LogP contribution in [0.1, 0.15) is 11.1 Å². The molecule has 0 aliphatic heterocycles. The highest BCUT2D eigenvalue weighted by molar-refractivity contribution is 5.61. The molecule has 3 N–H and O–H groups in total. The van der Waals surface area contributed by atoms with Crippen LogP contribution in [0.4, 0.5) is 19.0 Å². The van der Waals surface area contributed by atoms with Crippen LogP contribution < -0.4 is 11.1 Å². The fraction of sp³-hybridized carbons (Fsp3) is 0.300. The van der Waals surface area contributed by atoms with Gasteiger partial charge in [0.1, 0.15) is 5.82 Å². The molecule has 0 radical (unpaired) electrons. The number of rotatable bonds is 3. The summed E-state index contributed by atoms with van der Waals surface area (Å²) < 4.78 is 37.1. The SMILES string of the molecule is CNCC=Cc1cc(C(F)(F)F)cnc1N. The summed E-state index contributed by atoms with van der Waals surface area (Å²) >= 11 is 0. The van der Waals surface area contributed by atoms with Crippen LogP contribution in [-0.2, 0) is 6.18 Å². The molecule has 0 saturated carbocycles. The smallest absolute Gasteiger partial charge is 0.383 e. The van der Waals surface area contributed by atoms with Crippen molar-refractivity contribution in [2.75, 3.05) is 19.3 Å². The maximum Gasteiger partial charge on any atom is 0.417 e. The average molecular weight is 231 g/mol. The van der Waals surface area contributed by atoms with Gasteiger partial charge in [-0.05, 0) is 13.1 Å². The van der Waals surface area contributed by atoms with Crippen molar-refractivity contribution in [2.24, 2.45) is 0 Å². The molecule has 0 unspecified atom stereocenters. The lowest BCUT2D eigenvalue weighted by molar-refractivity contribution is -0.137. The molecule has 1 rings (SSSR count). The Labute approximate surface area is 91.2 Å². The van der Waals surface area contributed by atoms with Gasteiger partial charge in [0.2, 0.25) is 0 Å². The number of pyridine rings is 1. The van der Waals surface area contributed by atoms with Gasteiger partial charge in [-0.3, -0.25) is 0 Å². The highest BCUT2D eigenvalue weighted by Crippen LogP contribution is 2.30. The minimum absolute atomic E-state index is 0.0837. The predicted molar refractivity (Wildman–Crippen MR) is 56.6 cm³/mol. The van der Waals surface area contributed by atoms with Gasteiger partial charge >= 0.3 is 6.18 Å². The van der Waals surface area contributed by atoms with E-state index < -0.39 is 11.7 Å². The van der Waals surface area contributed by atoms with Crippen LogP contribution in [0.5, 0.6) is 0 Å². The first-order valence-corrected chi connectivity index (χ1v) is 4.59. The Balaban J connectivity index is 3.00. The maximum atomic E-state index is 12.4. The number of anilines is 1. The van der Waals surface area contributed by atoms with Crippen molar-refractivity contribution in [1.82, 2.24) is 10.3 Å². The molecule has 0 spiro atoms. The summed E-state index contributed by atoms with van der Waals surface area (Å²) in [6, 6.07) is 0.981. The summed E-state index contributed by atoms with van der Waals surface area (Å²) in [6.45, 7) is 0.551. The van der Waals surface area contributed by atoms with E-state index in [1.807, 2.05) is 0 Å². The molecule has 3 nitrogen and oxygen atoms in total. The molecule has 0 aliphatic rings. The lowest BCUT2D eigenvalue weighted by Crippen LogP contribution is -2.07. The van der Waals surface area contributed by atoms with Crippen LogP contribution in [-0.4, -0.2) is 18.6 Å². The number of likely N-dealkylation sites (N-methyl/N-ethyl adjacent to an activating group) is 1. The molecule has 0 bridgehead atoms. The van der Waals surface area contributed by atoms with Gasteiger partial charge in [0.15, 0.2) is 0 Å². The molecule has 88 valence electrons. The Kier molecular flexibility index (Phi) is 3.89. The minimum Gasteiger partial charge on any atom is -0.383 e. The maximum absolute atomic E-state index is 12.4. The van der Waals surface area contributed by atoms with Gasteiger partial charge in [-0.1, -0.05) is 12.2 Å². The van der Waals surface area contributed by atoms with Gasteiger partial charge in [0, 0.05) is 18.3 Å². The summed E-state index contributed by atoms with van der Waals surface area (Å²) in [5, 5.41) is 2.83. The first-order valence-electron chi connectivity index (χ1n) is 4.59. The summed E-state index contributed by atoms with van der Waals surface area (Å²) in [5.41, 5.74) is 4.93. The van der Waals surface area contributed by atoms with E-state index in [1.54, 1.807) is 13.1 Å². The van der Waals surface area contributed by atoms with Crippen molar-refractivity contribution in [3.8, 4) is 0 Å². The second-order valence-electron chi connectivity index (χ2n) is 3.16. The van der Waals surface area contributed by atoms with Crippen LogP contribution in [0.3, 0.4) is 0 Å². The molecule has 1 aromatic heterocycles. The van der Waals surface area contributed by atoms with Crippen molar-refractivity contribution in [3.63, 3.8) is 0 Å². The molecule has 0 fully saturated rings. The van der Waals surface area contributed by atoms with Crippen molar-refractivity contribution >= 4 is 11.9 Å². The Morgan fingerprint density at radius 3 is 2.75 bits per heavy atom. The minimum atomic E-state index is -4.40. The Hall–Kier alpha value is -1.56. The fourth-order valence-electron chi connectivity index (χ4n) is 1.08. The van der Waals surface area contributed by atoms with E-state index in [1.165, 1.54) is 6.08 Å². The molecule has 16 heavy (non-hydrogen) atoms. The number of nitrogen functional groups attached to an aromatic ring is 1. The second kappa shape index (κ2) is 4.98. The molecule has 0 aromatic carbocycles. The van der Waals surface area contributed by atoms with E-state index in [9.17, 15) is 13.2 Å². The molecule has 6 heteroatoms. The third-order valence-corrected chi connectivity index (χ3v) is 1.90. The van der Waals surface area contributed by atoms with Gasteiger partial charge in [0.05, 0.1) is 5.56 Å². The Morgan fingerprint density at radius 1 is 1.50 bits per heavy atom. The van der Waals surface area contributed by atoms with Gasteiger partial charge in [-0.15, -0.1) is 0 Å². The average Bonchev–Trinajstić information content (AvgIpc) is 2.19. The number of hydrogen-bond donors (Lipinski definition) is 2. The largest absolute Gasteiger partial charge is 0.417 e. The van der Waals surface area contributed by atoms with Crippen molar-refractivity contribution < 1.29 is 13.2 Å². The highest BCUT2D eigenvalue weighted by atomic mass is 19.4. The Bertz CT molecular complexity index is 385. The van der Waals surface area contributed by atoms with E-state index in [-0.39, 0.29) is 11.4 Å². The molecule has 0 aliphatic carbocycles. The van der Waals surface area contributed by atoms with Crippen LogP contribution in [0.15, 0.2) is 18.3 Å². The zero-order valence-corrected chi connectivity index (χ0v) is 8.67. The molecular formula is C10H12F3N3. The number of nitrogens with zero attached hydrogens (tertiary/aromatic N) is 1. The van der Waals surface area contributed by atoms with Gasteiger partial charge in [-0.2, -0.15) is 13.2 Å². The zero-order chi connectivity index (χ0) is 12.2. The van der Waals surface area contributed by atoms with Crippen molar-refractivity contribution in [1.29, 1.82) is 0 Å². The molecule has 0 atom stereocenters.